The van der Waals surface area contributed by atoms with Crippen LogP contribution in [0.2, 0.25) is 4.34 Å². The van der Waals surface area contributed by atoms with Gasteiger partial charge in [0.2, 0.25) is 6.41 Å². The summed E-state index contributed by atoms with van der Waals surface area (Å²) in [6.45, 7) is 1.63. The van der Waals surface area contributed by atoms with Crippen LogP contribution in [0, 0.1) is 6.92 Å². The zero-order chi connectivity index (χ0) is 21.9. The van der Waals surface area contributed by atoms with Crippen LogP contribution in [-0.4, -0.2) is 23.2 Å². The first-order valence-corrected chi connectivity index (χ1v) is 12.5. The summed E-state index contributed by atoms with van der Waals surface area (Å²) >= 11 is 6.62. The molecule has 0 radical (unpaired) electrons. The summed E-state index contributed by atoms with van der Waals surface area (Å²) in [7, 11) is -7.81. The summed E-state index contributed by atoms with van der Waals surface area (Å²) in [6.07, 6.45) is 0.301. The van der Waals surface area contributed by atoms with Gasteiger partial charge in [-0.25, -0.2) is 21.8 Å². The lowest BCUT2D eigenvalue weighted by Gasteiger charge is -2.19. The molecule has 30 heavy (non-hydrogen) atoms. The standard InChI is InChI=1S/C18H16ClN3O5S3/c1-13-11-14(22(12-23)21-30(26,27)18-10-9-17(19)28-18)7-8-16(13)20-29(24,25)15-5-3-2-4-6-15/h2-12,20-21H,1H3. The maximum absolute atomic E-state index is 12.5. The zero-order valence-electron chi connectivity index (χ0n) is 15.4. The van der Waals surface area contributed by atoms with Crippen molar-refractivity contribution in [3.63, 3.8) is 0 Å². The zero-order valence-corrected chi connectivity index (χ0v) is 18.6. The van der Waals surface area contributed by atoms with Gasteiger partial charge in [0.1, 0.15) is 4.21 Å². The Bertz CT molecular complexity index is 1280. The molecule has 3 rings (SSSR count). The van der Waals surface area contributed by atoms with E-state index in [1.807, 2.05) is 0 Å². The molecular weight excluding hydrogens is 470 g/mol. The molecule has 0 saturated heterocycles. The van der Waals surface area contributed by atoms with Gasteiger partial charge in [0.25, 0.3) is 20.0 Å². The van der Waals surface area contributed by atoms with E-state index in [0.29, 0.717) is 22.0 Å². The number of hydrogen-bond donors (Lipinski definition) is 2. The molecule has 1 amide bonds. The van der Waals surface area contributed by atoms with Crippen molar-refractivity contribution in [3.05, 3.63) is 70.6 Å². The lowest BCUT2D eigenvalue weighted by Crippen LogP contribution is -2.41. The fourth-order valence-electron chi connectivity index (χ4n) is 2.47. The van der Waals surface area contributed by atoms with E-state index in [4.69, 9.17) is 11.6 Å². The number of hydrogen-bond acceptors (Lipinski definition) is 6. The van der Waals surface area contributed by atoms with E-state index in [2.05, 4.69) is 9.55 Å². The van der Waals surface area contributed by atoms with Crippen LogP contribution >= 0.6 is 22.9 Å². The third-order valence-corrected chi connectivity index (χ3v) is 8.34. The fourth-order valence-corrected chi connectivity index (χ4v) is 6.10. The summed E-state index contributed by atoms with van der Waals surface area (Å²) in [5, 5.41) is 0.783. The molecular formula is C18H16ClN3O5S3. The molecule has 2 aromatic carbocycles. The number of rotatable bonds is 8. The molecule has 3 aromatic rings. The SMILES string of the molecule is Cc1cc(N(C=O)NS(=O)(=O)c2ccc(Cl)s2)ccc1NS(=O)(=O)c1ccccc1. The van der Waals surface area contributed by atoms with Gasteiger partial charge in [0.05, 0.1) is 20.6 Å². The van der Waals surface area contributed by atoms with Crippen molar-refractivity contribution < 1.29 is 21.6 Å². The van der Waals surface area contributed by atoms with Gasteiger partial charge >= 0.3 is 0 Å². The van der Waals surface area contributed by atoms with Crippen LogP contribution in [0.5, 0.6) is 0 Å². The Balaban J connectivity index is 1.84. The van der Waals surface area contributed by atoms with Crippen molar-refractivity contribution in [1.29, 1.82) is 0 Å². The molecule has 0 aliphatic heterocycles. The summed E-state index contributed by atoms with van der Waals surface area (Å²) in [5.41, 5.74) is 0.981. The molecule has 0 aliphatic rings. The average molecular weight is 486 g/mol. The van der Waals surface area contributed by atoms with E-state index >= 15 is 0 Å². The van der Waals surface area contributed by atoms with E-state index < -0.39 is 20.0 Å². The molecule has 0 bridgehead atoms. The number of nitrogens with one attached hydrogen (secondary N) is 2. The molecule has 0 unspecified atom stereocenters. The van der Waals surface area contributed by atoms with Crippen molar-refractivity contribution in [2.75, 3.05) is 9.73 Å². The molecule has 0 spiro atoms. The first-order valence-electron chi connectivity index (χ1n) is 8.33. The third kappa shape index (κ3) is 4.99. The maximum atomic E-state index is 12.5. The Morgan fingerprint density at radius 1 is 0.967 bits per heavy atom. The lowest BCUT2D eigenvalue weighted by atomic mass is 10.2. The normalized spacial score (nSPS) is 11.8. The number of nitrogens with zero attached hydrogens (tertiary/aromatic N) is 1. The highest BCUT2D eigenvalue weighted by molar-refractivity contribution is 7.92. The molecule has 158 valence electrons. The minimum Gasteiger partial charge on any atom is -0.279 e. The first kappa shape index (κ1) is 22.2. The second-order valence-corrected chi connectivity index (χ2v) is 11.3. The van der Waals surface area contributed by atoms with Gasteiger partial charge in [-0.1, -0.05) is 29.8 Å². The molecule has 2 N–H and O–H groups in total. The van der Waals surface area contributed by atoms with Crippen LogP contribution in [-0.2, 0) is 24.8 Å². The lowest BCUT2D eigenvalue weighted by molar-refractivity contribution is -0.107. The summed E-state index contributed by atoms with van der Waals surface area (Å²) in [4.78, 5) is 13.8. The number of benzene rings is 2. The maximum Gasteiger partial charge on any atom is 0.267 e. The minimum absolute atomic E-state index is 0.0525. The van der Waals surface area contributed by atoms with E-state index in [-0.39, 0.29) is 14.8 Å². The second-order valence-electron chi connectivity index (χ2n) is 6.05. The van der Waals surface area contributed by atoms with Crippen LogP contribution in [0.3, 0.4) is 0 Å². The van der Waals surface area contributed by atoms with E-state index in [0.717, 1.165) is 16.3 Å². The van der Waals surface area contributed by atoms with Gasteiger partial charge in [-0.05, 0) is 55.0 Å². The topological polar surface area (TPSA) is 113 Å². The molecule has 12 heteroatoms. The van der Waals surface area contributed by atoms with Crippen LogP contribution < -0.4 is 14.6 Å². The molecule has 0 atom stereocenters. The number of halogens is 1. The van der Waals surface area contributed by atoms with Gasteiger partial charge in [0.15, 0.2) is 0 Å². The number of carbonyl (C=O) groups excluding carboxylic acids is 1. The Hall–Kier alpha value is -2.44. The predicted molar refractivity (Wildman–Crippen MR) is 117 cm³/mol. The summed E-state index contributed by atoms with van der Waals surface area (Å²) < 4.78 is 52.6. The van der Waals surface area contributed by atoms with E-state index in [1.165, 1.54) is 42.5 Å². The number of aryl methyl sites for hydroxylation is 1. The summed E-state index contributed by atoms with van der Waals surface area (Å²) in [6, 6.07) is 14.9. The van der Waals surface area contributed by atoms with Gasteiger partial charge in [0, 0.05) is 0 Å². The van der Waals surface area contributed by atoms with Crippen LogP contribution in [0.4, 0.5) is 11.4 Å². The second kappa shape index (κ2) is 8.74. The minimum atomic E-state index is -4.02. The van der Waals surface area contributed by atoms with Crippen molar-refractivity contribution in [3.8, 4) is 0 Å². The third-order valence-electron chi connectivity index (χ3n) is 3.92. The molecule has 1 aromatic heterocycles. The Labute approximate surface area is 183 Å². The van der Waals surface area contributed by atoms with Gasteiger partial charge in [-0.2, -0.15) is 0 Å². The quantitative estimate of drug-likeness (QED) is 0.375. The van der Waals surface area contributed by atoms with Crippen LogP contribution in [0.1, 0.15) is 5.56 Å². The highest BCUT2D eigenvalue weighted by Gasteiger charge is 2.21. The average Bonchev–Trinajstić information content (AvgIpc) is 3.16. The van der Waals surface area contributed by atoms with Gasteiger partial charge in [-0.15, -0.1) is 16.2 Å². The molecule has 0 saturated carbocycles. The van der Waals surface area contributed by atoms with Crippen molar-refractivity contribution >= 4 is 60.8 Å². The van der Waals surface area contributed by atoms with Crippen molar-refractivity contribution in [2.45, 2.75) is 16.0 Å². The Morgan fingerprint density at radius 2 is 1.67 bits per heavy atom. The first-order chi connectivity index (χ1) is 14.1. The Morgan fingerprint density at radius 3 is 2.23 bits per heavy atom. The smallest absolute Gasteiger partial charge is 0.267 e. The molecule has 0 aliphatic carbocycles. The van der Waals surface area contributed by atoms with E-state index in [9.17, 15) is 21.6 Å². The van der Waals surface area contributed by atoms with Gasteiger partial charge in [-0.3, -0.25) is 9.52 Å². The molecule has 8 nitrogen and oxygen atoms in total. The number of thiophene rings is 1. The summed E-state index contributed by atoms with van der Waals surface area (Å²) in [5.74, 6) is 0. The number of sulfonamides is 2. The van der Waals surface area contributed by atoms with Gasteiger partial charge < -0.3 is 0 Å². The highest BCUT2D eigenvalue weighted by atomic mass is 35.5. The molecule has 1 heterocycles. The number of carbonyl (C=O) groups is 1. The Kier molecular flexibility index (Phi) is 6.48. The molecule has 0 fully saturated rings. The fraction of sp³-hybridized carbons (Fsp3) is 0.0556. The van der Waals surface area contributed by atoms with Crippen molar-refractivity contribution in [2.24, 2.45) is 0 Å². The number of anilines is 2. The van der Waals surface area contributed by atoms with Crippen LogP contribution in [0.25, 0.3) is 0 Å². The number of hydrazine groups is 1. The van der Waals surface area contributed by atoms with Crippen LogP contribution in [0.15, 0.2) is 69.8 Å². The largest absolute Gasteiger partial charge is 0.279 e. The van der Waals surface area contributed by atoms with Crippen molar-refractivity contribution in [1.82, 2.24) is 4.83 Å². The predicted octanol–water partition coefficient (Wildman–Crippen LogP) is 3.37. The van der Waals surface area contributed by atoms with E-state index in [1.54, 1.807) is 25.1 Å². The highest BCUT2D eigenvalue weighted by Crippen LogP contribution is 2.27. The number of amides is 1. The monoisotopic (exact) mass is 485 g/mol.